The maximum atomic E-state index is 12.4. The lowest BCUT2D eigenvalue weighted by molar-refractivity contribution is -0.117. The number of hydrogen-bond donors (Lipinski definition) is 2. The van der Waals surface area contributed by atoms with Crippen molar-refractivity contribution in [1.82, 2.24) is 25.4 Å². The minimum Gasteiger partial charge on any atom is -0.335 e. The highest BCUT2D eigenvalue weighted by molar-refractivity contribution is 7.99. The van der Waals surface area contributed by atoms with Gasteiger partial charge in [-0.15, -0.1) is 10.2 Å². The molecule has 4 rings (SSSR count). The quantitative estimate of drug-likeness (QED) is 0.541. The molecule has 32 heavy (non-hydrogen) atoms. The first-order chi connectivity index (χ1) is 15.6. The lowest BCUT2D eigenvalue weighted by Crippen LogP contribution is -2.45. The van der Waals surface area contributed by atoms with E-state index in [1.165, 1.54) is 18.2 Å². The standard InChI is InChI=1S/C24H27N5O2S/c1-17-12-14-20(15-13-17)29-22(18-8-4-2-5-9-18)27-28-24(29)32-16-21(30)26-23(31)25-19-10-6-3-7-11-19/h2,4-5,8-9,12-15,19H,3,6-7,10-11,16H2,1H3,(H2,25,26,30,31). The predicted octanol–water partition coefficient (Wildman–Crippen LogP) is 4.49. The lowest BCUT2D eigenvalue weighted by atomic mass is 9.96. The minimum atomic E-state index is -0.424. The number of benzene rings is 2. The van der Waals surface area contributed by atoms with E-state index in [0.717, 1.165) is 42.5 Å². The zero-order chi connectivity index (χ0) is 22.3. The van der Waals surface area contributed by atoms with Crippen LogP contribution in [0.1, 0.15) is 37.7 Å². The Morgan fingerprint density at radius 1 is 1.00 bits per heavy atom. The van der Waals surface area contributed by atoms with Crippen molar-refractivity contribution in [1.29, 1.82) is 0 Å². The van der Waals surface area contributed by atoms with Gasteiger partial charge in [-0.25, -0.2) is 4.79 Å². The number of aromatic nitrogens is 3. The van der Waals surface area contributed by atoms with Crippen molar-refractivity contribution in [2.45, 2.75) is 50.2 Å². The Balaban J connectivity index is 1.46. The van der Waals surface area contributed by atoms with Crippen molar-refractivity contribution in [2.75, 3.05) is 5.75 Å². The topological polar surface area (TPSA) is 88.9 Å². The molecule has 0 atom stereocenters. The number of carbonyl (C=O) groups is 2. The van der Waals surface area contributed by atoms with Gasteiger partial charge in [-0.1, -0.05) is 79.1 Å². The Morgan fingerprint density at radius 2 is 1.72 bits per heavy atom. The van der Waals surface area contributed by atoms with Crippen LogP contribution in [0.15, 0.2) is 59.8 Å². The Hall–Kier alpha value is -3.13. The summed E-state index contributed by atoms with van der Waals surface area (Å²) in [4.78, 5) is 24.5. The van der Waals surface area contributed by atoms with Crippen molar-refractivity contribution in [3.8, 4) is 17.1 Å². The summed E-state index contributed by atoms with van der Waals surface area (Å²) in [5, 5.41) is 14.6. The number of imide groups is 1. The molecule has 2 aromatic carbocycles. The molecule has 0 saturated heterocycles. The first kappa shape index (κ1) is 22.1. The van der Waals surface area contributed by atoms with Gasteiger partial charge < -0.3 is 5.32 Å². The molecule has 0 spiro atoms. The number of rotatable bonds is 6. The molecule has 8 heteroatoms. The number of nitrogens with one attached hydrogen (secondary N) is 2. The second-order valence-corrected chi connectivity index (χ2v) is 8.93. The molecule has 1 saturated carbocycles. The molecule has 1 aliphatic carbocycles. The number of aryl methyl sites for hydroxylation is 1. The third-order valence-corrected chi connectivity index (χ3v) is 6.41. The van der Waals surface area contributed by atoms with Crippen molar-refractivity contribution in [3.05, 3.63) is 60.2 Å². The number of nitrogens with zero attached hydrogens (tertiary/aromatic N) is 3. The highest BCUT2D eigenvalue weighted by atomic mass is 32.2. The third-order valence-electron chi connectivity index (χ3n) is 5.48. The van der Waals surface area contributed by atoms with Gasteiger partial charge in [0.25, 0.3) is 0 Å². The average Bonchev–Trinajstić information content (AvgIpc) is 3.23. The van der Waals surface area contributed by atoms with Gasteiger partial charge in [0.2, 0.25) is 5.91 Å². The van der Waals surface area contributed by atoms with Crippen molar-refractivity contribution >= 4 is 23.7 Å². The van der Waals surface area contributed by atoms with E-state index in [4.69, 9.17) is 0 Å². The third kappa shape index (κ3) is 5.56. The molecule has 1 aromatic heterocycles. The van der Waals surface area contributed by atoms with Gasteiger partial charge in [-0.05, 0) is 31.9 Å². The van der Waals surface area contributed by atoms with Crippen LogP contribution in [0.2, 0.25) is 0 Å². The molecule has 1 fully saturated rings. The molecule has 0 bridgehead atoms. The van der Waals surface area contributed by atoms with Crippen molar-refractivity contribution in [3.63, 3.8) is 0 Å². The SMILES string of the molecule is Cc1ccc(-n2c(SCC(=O)NC(=O)NC3CCCCC3)nnc2-c2ccccc2)cc1. The predicted molar refractivity (Wildman–Crippen MR) is 126 cm³/mol. The van der Waals surface area contributed by atoms with Gasteiger partial charge in [-0.2, -0.15) is 0 Å². The van der Waals surface area contributed by atoms with E-state index in [1.54, 1.807) is 0 Å². The molecule has 0 unspecified atom stereocenters. The summed E-state index contributed by atoms with van der Waals surface area (Å²) in [6.07, 6.45) is 5.39. The van der Waals surface area contributed by atoms with Gasteiger partial charge in [-0.3, -0.25) is 14.7 Å². The van der Waals surface area contributed by atoms with Gasteiger partial charge in [0.05, 0.1) is 5.75 Å². The maximum Gasteiger partial charge on any atom is 0.321 e. The monoisotopic (exact) mass is 449 g/mol. The van der Waals surface area contributed by atoms with Crippen LogP contribution < -0.4 is 10.6 Å². The van der Waals surface area contributed by atoms with Crippen LogP contribution in [0.4, 0.5) is 4.79 Å². The second kappa shape index (κ2) is 10.5. The first-order valence-corrected chi connectivity index (χ1v) is 11.9. The van der Waals surface area contributed by atoms with Crippen LogP contribution in [-0.2, 0) is 4.79 Å². The van der Waals surface area contributed by atoms with Gasteiger partial charge in [0.15, 0.2) is 11.0 Å². The summed E-state index contributed by atoms with van der Waals surface area (Å²) in [6.45, 7) is 2.03. The molecular weight excluding hydrogens is 422 g/mol. The molecule has 3 amide bonds. The summed E-state index contributed by atoms with van der Waals surface area (Å²) in [7, 11) is 0. The Morgan fingerprint density at radius 3 is 2.44 bits per heavy atom. The fourth-order valence-electron chi connectivity index (χ4n) is 3.83. The van der Waals surface area contributed by atoms with E-state index in [-0.39, 0.29) is 17.7 Å². The molecule has 3 aromatic rings. The van der Waals surface area contributed by atoms with E-state index in [0.29, 0.717) is 11.0 Å². The summed E-state index contributed by atoms with van der Waals surface area (Å²) in [5.41, 5.74) is 3.00. The van der Waals surface area contributed by atoms with Crippen LogP contribution in [0.3, 0.4) is 0 Å². The smallest absolute Gasteiger partial charge is 0.321 e. The van der Waals surface area contributed by atoms with E-state index >= 15 is 0 Å². The molecular formula is C24H27N5O2S. The molecule has 0 aliphatic heterocycles. The fraction of sp³-hybridized carbons (Fsp3) is 0.333. The maximum absolute atomic E-state index is 12.4. The lowest BCUT2D eigenvalue weighted by Gasteiger charge is -2.22. The number of hydrogen-bond acceptors (Lipinski definition) is 5. The van der Waals surface area contributed by atoms with Crippen LogP contribution in [0, 0.1) is 6.92 Å². The van der Waals surface area contributed by atoms with E-state index in [1.807, 2.05) is 66.1 Å². The van der Waals surface area contributed by atoms with Gasteiger partial charge >= 0.3 is 6.03 Å². The van der Waals surface area contributed by atoms with Crippen molar-refractivity contribution < 1.29 is 9.59 Å². The zero-order valence-electron chi connectivity index (χ0n) is 18.1. The molecule has 1 heterocycles. The normalized spacial score (nSPS) is 14.2. The summed E-state index contributed by atoms with van der Waals surface area (Å²) in [5.74, 6) is 0.409. The fourth-order valence-corrected chi connectivity index (χ4v) is 4.58. The molecule has 0 radical (unpaired) electrons. The average molecular weight is 450 g/mol. The number of urea groups is 1. The van der Waals surface area contributed by atoms with Crippen molar-refractivity contribution in [2.24, 2.45) is 0 Å². The summed E-state index contributed by atoms with van der Waals surface area (Å²) < 4.78 is 1.94. The Labute approximate surface area is 192 Å². The van der Waals surface area contributed by atoms with E-state index in [2.05, 4.69) is 20.8 Å². The Bertz CT molecular complexity index is 1060. The number of amides is 3. The number of thioether (sulfide) groups is 1. The highest BCUT2D eigenvalue weighted by Gasteiger charge is 2.19. The number of carbonyl (C=O) groups excluding carboxylic acids is 2. The summed E-state index contributed by atoms with van der Waals surface area (Å²) in [6, 6.07) is 17.6. The van der Waals surface area contributed by atoms with Crippen LogP contribution >= 0.6 is 11.8 Å². The first-order valence-electron chi connectivity index (χ1n) is 10.9. The largest absolute Gasteiger partial charge is 0.335 e. The molecule has 2 N–H and O–H groups in total. The second-order valence-electron chi connectivity index (χ2n) is 7.99. The van der Waals surface area contributed by atoms with E-state index in [9.17, 15) is 9.59 Å². The van der Waals surface area contributed by atoms with Crippen LogP contribution in [-0.4, -0.2) is 38.5 Å². The van der Waals surface area contributed by atoms with E-state index < -0.39 is 6.03 Å². The van der Waals surface area contributed by atoms with Gasteiger partial charge in [0.1, 0.15) is 0 Å². The Kier molecular flexibility index (Phi) is 7.21. The van der Waals surface area contributed by atoms with Crippen LogP contribution in [0.5, 0.6) is 0 Å². The zero-order valence-corrected chi connectivity index (χ0v) is 18.9. The molecule has 166 valence electrons. The molecule has 1 aliphatic rings. The summed E-state index contributed by atoms with van der Waals surface area (Å²) >= 11 is 1.26. The minimum absolute atomic E-state index is 0.0663. The van der Waals surface area contributed by atoms with Gasteiger partial charge in [0, 0.05) is 17.3 Å². The van der Waals surface area contributed by atoms with Crippen LogP contribution in [0.25, 0.3) is 17.1 Å². The molecule has 7 nitrogen and oxygen atoms in total. The highest BCUT2D eigenvalue weighted by Crippen LogP contribution is 2.28.